The van der Waals surface area contributed by atoms with Crippen molar-refractivity contribution < 1.29 is 21.6 Å². The van der Waals surface area contributed by atoms with Gasteiger partial charge in [-0.05, 0) is 69.4 Å². The fourth-order valence-electron chi connectivity index (χ4n) is 4.16. The number of halogens is 3. The Kier molecular flexibility index (Phi) is 6.40. The maximum absolute atomic E-state index is 13.3. The van der Waals surface area contributed by atoms with Crippen molar-refractivity contribution in [1.29, 1.82) is 0 Å². The Hall–Kier alpha value is -2.26. The number of nitrogens with zero attached hydrogens (tertiary/aromatic N) is 1. The lowest BCUT2D eigenvalue weighted by atomic mass is 9.93. The molecule has 1 aliphatic heterocycles. The zero-order valence-corrected chi connectivity index (χ0v) is 18.8. The van der Waals surface area contributed by atoms with E-state index in [1.807, 2.05) is 31.2 Å². The highest BCUT2D eigenvalue weighted by Crippen LogP contribution is 2.35. The molecular formula is C23H28F3N3O2S. The van der Waals surface area contributed by atoms with Gasteiger partial charge in [-0.15, -0.1) is 0 Å². The van der Waals surface area contributed by atoms with Gasteiger partial charge in [-0.3, -0.25) is 0 Å². The summed E-state index contributed by atoms with van der Waals surface area (Å²) < 4.78 is 69.1. The summed E-state index contributed by atoms with van der Waals surface area (Å²) in [4.78, 5) is 1.77. The summed E-state index contributed by atoms with van der Waals surface area (Å²) in [5.74, 6) is 0. The van der Waals surface area contributed by atoms with Crippen molar-refractivity contribution in [3.63, 3.8) is 0 Å². The highest BCUT2D eigenvalue weighted by Gasteiger charge is 2.34. The van der Waals surface area contributed by atoms with Crippen LogP contribution in [-0.4, -0.2) is 33.6 Å². The molecule has 1 atom stereocenters. The zero-order chi connectivity index (χ0) is 22.9. The average molecular weight is 468 g/mol. The van der Waals surface area contributed by atoms with E-state index < -0.39 is 21.8 Å². The van der Waals surface area contributed by atoms with Gasteiger partial charge in [0.05, 0.1) is 11.3 Å². The summed E-state index contributed by atoms with van der Waals surface area (Å²) in [7, 11) is -4.15. The van der Waals surface area contributed by atoms with Gasteiger partial charge in [0.1, 0.15) is 4.90 Å². The molecule has 0 bridgehead atoms. The molecule has 2 N–H and O–H groups in total. The molecule has 0 radical (unpaired) electrons. The number of alkyl halides is 3. The van der Waals surface area contributed by atoms with Crippen molar-refractivity contribution in [2.24, 2.45) is 0 Å². The van der Waals surface area contributed by atoms with Crippen molar-refractivity contribution >= 4 is 21.4 Å². The lowest BCUT2D eigenvalue weighted by molar-refractivity contribution is -0.137. The van der Waals surface area contributed by atoms with Crippen molar-refractivity contribution in [2.45, 2.75) is 62.2 Å². The van der Waals surface area contributed by atoms with E-state index in [1.165, 1.54) is 6.07 Å². The summed E-state index contributed by atoms with van der Waals surface area (Å²) in [6, 6.07) is 10.6. The quantitative estimate of drug-likeness (QED) is 0.633. The number of benzene rings is 2. The second-order valence-electron chi connectivity index (χ2n) is 8.72. The topological polar surface area (TPSA) is 61.4 Å². The van der Waals surface area contributed by atoms with Gasteiger partial charge < -0.3 is 10.2 Å². The zero-order valence-electron chi connectivity index (χ0n) is 18.0. The maximum Gasteiger partial charge on any atom is 0.416 e. The Bertz CT molecular complexity index is 1050. The number of anilines is 2. The molecule has 1 saturated heterocycles. The van der Waals surface area contributed by atoms with Crippen LogP contribution in [0.4, 0.5) is 24.5 Å². The van der Waals surface area contributed by atoms with Crippen LogP contribution in [0.2, 0.25) is 0 Å². The van der Waals surface area contributed by atoms with Gasteiger partial charge in [0.2, 0.25) is 10.0 Å². The first kappa shape index (κ1) is 22.9. The first-order valence-electron chi connectivity index (χ1n) is 10.9. The van der Waals surface area contributed by atoms with Crippen LogP contribution in [0.15, 0.2) is 47.4 Å². The van der Waals surface area contributed by atoms with Crippen LogP contribution in [0.25, 0.3) is 0 Å². The molecule has 2 fully saturated rings. The number of hydrogen-bond acceptors (Lipinski definition) is 4. The summed E-state index contributed by atoms with van der Waals surface area (Å²) in [6.07, 6.45) is -0.422. The average Bonchev–Trinajstić information content (AvgIpc) is 2.70. The van der Waals surface area contributed by atoms with Crippen molar-refractivity contribution in [3.8, 4) is 0 Å². The molecule has 1 saturated carbocycles. The van der Waals surface area contributed by atoms with Gasteiger partial charge in [0.25, 0.3) is 0 Å². The van der Waals surface area contributed by atoms with Crippen LogP contribution in [0.1, 0.15) is 43.2 Å². The number of sulfonamides is 1. The smallest absolute Gasteiger partial charge is 0.381 e. The number of aryl methyl sites for hydroxylation is 1. The third-order valence-corrected chi connectivity index (χ3v) is 7.77. The molecule has 32 heavy (non-hydrogen) atoms. The van der Waals surface area contributed by atoms with E-state index in [0.717, 1.165) is 55.6 Å². The number of rotatable bonds is 6. The maximum atomic E-state index is 13.3. The highest BCUT2D eigenvalue weighted by molar-refractivity contribution is 7.89. The van der Waals surface area contributed by atoms with Gasteiger partial charge in [-0.25, -0.2) is 13.1 Å². The largest absolute Gasteiger partial charge is 0.416 e. The normalized spacial score (nSPS) is 20.1. The lowest BCUT2D eigenvalue weighted by Crippen LogP contribution is -2.47. The van der Waals surface area contributed by atoms with Crippen LogP contribution in [0.3, 0.4) is 0 Å². The van der Waals surface area contributed by atoms with Crippen LogP contribution in [0.5, 0.6) is 0 Å². The van der Waals surface area contributed by atoms with Crippen molar-refractivity contribution in [3.05, 3.63) is 53.6 Å². The number of hydrogen-bond donors (Lipinski definition) is 2. The third kappa shape index (κ3) is 5.20. The van der Waals surface area contributed by atoms with Crippen LogP contribution >= 0.6 is 0 Å². The van der Waals surface area contributed by atoms with Crippen LogP contribution in [-0.2, 0) is 16.2 Å². The Balaban J connectivity index is 1.56. The molecule has 174 valence electrons. The fraction of sp³-hybridized carbons (Fsp3) is 0.478. The first-order valence-corrected chi connectivity index (χ1v) is 12.4. The van der Waals surface area contributed by atoms with Gasteiger partial charge in [0.15, 0.2) is 0 Å². The van der Waals surface area contributed by atoms with E-state index in [1.54, 1.807) is 0 Å². The fourth-order valence-corrected chi connectivity index (χ4v) is 5.62. The van der Waals surface area contributed by atoms with E-state index in [0.29, 0.717) is 13.0 Å². The highest BCUT2D eigenvalue weighted by atomic mass is 32.2. The minimum absolute atomic E-state index is 0.0902. The summed E-state index contributed by atoms with van der Waals surface area (Å²) >= 11 is 0. The number of piperidine rings is 1. The van der Waals surface area contributed by atoms with Gasteiger partial charge >= 0.3 is 6.18 Å². The summed E-state index contributed by atoms with van der Waals surface area (Å²) in [5.41, 5.74) is 1.40. The Morgan fingerprint density at radius 1 is 0.969 bits per heavy atom. The van der Waals surface area contributed by atoms with Crippen LogP contribution < -0.4 is 14.9 Å². The van der Waals surface area contributed by atoms with Crippen molar-refractivity contribution in [1.82, 2.24) is 4.72 Å². The second-order valence-corrected chi connectivity index (χ2v) is 10.4. The Morgan fingerprint density at radius 2 is 1.66 bits per heavy atom. The molecule has 2 aromatic carbocycles. The molecule has 2 aromatic rings. The predicted molar refractivity (Wildman–Crippen MR) is 119 cm³/mol. The monoisotopic (exact) mass is 467 g/mol. The molecule has 1 heterocycles. The standard InChI is InChI=1S/C23H28F3N3O2S/c1-16-7-10-20(11-8-16)29-13-3-6-19(15-29)28-32(30,31)22-14-17(23(24,25)26)9-12-21(22)27-18-4-2-5-18/h7-12,14,18-19,27-28H,2-6,13,15H2,1H3. The summed E-state index contributed by atoms with van der Waals surface area (Å²) in [6.45, 7) is 3.27. The second kappa shape index (κ2) is 8.94. The Labute approximate surface area is 187 Å². The van der Waals surface area contributed by atoms with E-state index in [4.69, 9.17) is 0 Å². The molecule has 9 heteroatoms. The van der Waals surface area contributed by atoms with Crippen LogP contribution in [0, 0.1) is 6.92 Å². The molecule has 2 aliphatic rings. The predicted octanol–water partition coefficient (Wildman–Crippen LogP) is 4.93. The third-order valence-electron chi connectivity index (χ3n) is 6.21. The molecule has 0 aromatic heterocycles. The molecule has 1 unspecified atom stereocenters. The molecule has 0 amide bonds. The first-order chi connectivity index (χ1) is 15.1. The Morgan fingerprint density at radius 3 is 2.28 bits per heavy atom. The minimum Gasteiger partial charge on any atom is -0.381 e. The van der Waals surface area contributed by atoms with E-state index in [2.05, 4.69) is 14.9 Å². The van der Waals surface area contributed by atoms with E-state index in [-0.39, 0.29) is 22.7 Å². The van der Waals surface area contributed by atoms with Gasteiger partial charge in [-0.1, -0.05) is 17.7 Å². The lowest BCUT2D eigenvalue weighted by Gasteiger charge is -2.35. The van der Waals surface area contributed by atoms with E-state index >= 15 is 0 Å². The molecular weight excluding hydrogens is 439 g/mol. The van der Waals surface area contributed by atoms with Gasteiger partial charge in [-0.2, -0.15) is 13.2 Å². The van der Waals surface area contributed by atoms with E-state index in [9.17, 15) is 21.6 Å². The molecule has 5 nitrogen and oxygen atoms in total. The van der Waals surface area contributed by atoms with Crippen molar-refractivity contribution in [2.75, 3.05) is 23.3 Å². The SMILES string of the molecule is Cc1ccc(N2CCCC(NS(=O)(=O)c3cc(C(F)(F)F)ccc3NC3CCC3)C2)cc1. The summed E-state index contributed by atoms with van der Waals surface area (Å²) in [5, 5.41) is 3.11. The van der Waals surface area contributed by atoms with Gasteiger partial charge in [0, 0.05) is 30.9 Å². The number of nitrogens with one attached hydrogen (secondary N) is 2. The molecule has 1 aliphatic carbocycles. The molecule has 0 spiro atoms. The molecule has 4 rings (SSSR count). The minimum atomic E-state index is -4.62.